The Bertz CT molecular complexity index is 909. The van der Waals surface area contributed by atoms with Crippen LogP contribution in [0.1, 0.15) is 11.8 Å². The third-order valence-electron chi connectivity index (χ3n) is 3.94. The molecule has 23 heavy (non-hydrogen) atoms. The van der Waals surface area contributed by atoms with E-state index < -0.39 is 21.4 Å². The molecule has 1 aliphatic rings. The van der Waals surface area contributed by atoms with Crippen molar-refractivity contribution in [3.05, 3.63) is 28.9 Å². The summed E-state index contributed by atoms with van der Waals surface area (Å²) in [7, 11) is -0.879. The summed E-state index contributed by atoms with van der Waals surface area (Å²) >= 11 is 1.14. The van der Waals surface area contributed by atoms with E-state index in [4.69, 9.17) is 10.1 Å². The molecule has 0 radical (unpaired) electrons. The third kappa shape index (κ3) is 2.34. The zero-order valence-corrected chi connectivity index (χ0v) is 14.4. The molecule has 2 aromatic rings. The van der Waals surface area contributed by atoms with Gasteiger partial charge in [-0.3, -0.25) is 5.41 Å². The van der Waals surface area contributed by atoms with Gasteiger partial charge in [0.05, 0.1) is 28.0 Å². The predicted molar refractivity (Wildman–Crippen MR) is 88.1 cm³/mol. The number of guanidine groups is 1. The monoisotopic (exact) mass is 357 g/mol. The lowest BCUT2D eigenvalue weighted by molar-refractivity contribution is 0.412. The zero-order valence-electron chi connectivity index (χ0n) is 12.8. The maximum Gasteiger partial charge on any atom is 0.239 e. The molecule has 0 unspecified atom stereocenters. The molecule has 2 heterocycles. The van der Waals surface area contributed by atoms with Gasteiger partial charge in [-0.15, -0.1) is 11.3 Å². The molecule has 9 heteroatoms. The first-order chi connectivity index (χ1) is 10.7. The molecule has 1 fully saturated rings. The standard InChI is InChI=1S/C14H16FN3O3S2/c1-14(7-23(19,20)18(2)13(16)17-14)12-10(15)8-5-4-6-9(21-3)11(8)22-12/h4-6H,7H2,1-3H3,(H2,16,17)/t14-/m0/s1. The third-order valence-corrected chi connectivity index (χ3v) is 7.36. The Kier molecular flexibility index (Phi) is 3.53. The van der Waals surface area contributed by atoms with Crippen molar-refractivity contribution in [1.29, 1.82) is 5.41 Å². The van der Waals surface area contributed by atoms with E-state index in [1.165, 1.54) is 14.2 Å². The first kappa shape index (κ1) is 16.0. The smallest absolute Gasteiger partial charge is 0.239 e. The van der Waals surface area contributed by atoms with Gasteiger partial charge in [-0.1, -0.05) is 12.1 Å². The van der Waals surface area contributed by atoms with E-state index in [9.17, 15) is 12.8 Å². The number of ether oxygens (including phenoxy) is 1. The van der Waals surface area contributed by atoms with Crippen LogP contribution in [0.2, 0.25) is 0 Å². The van der Waals surface area contributed by atoms with Crippen molar-refractivity contribution in [3.63, 3.8) is 0 Å². The minimum atomic E-state index is -3.68. The molecule has 124 valence electrons. The lowest BCUT2D eigenvalue weighted by Crippen LogP contribution is -2.60. The van der Waals surface area contributed by atoms with Crippen LogP contribution in [-0.4, -0.2) is 38.6 Å². The van der Waals surface area contributed by atoms with Crippen LogP contribution >= 0.6 is 11.3 Å². The maximum absolute atomic E-state index is 14.9. The quantitative estimate of drug-likeness (QED) is 0.862. The number of thiophene rings is 1. The molecule has 1 aromatic carbocycles. The molecular weight excluding hydrogens is 341 g/mol. The van der Waals surface area contributed by atoms with E-state index in [0.29, 0.717) is 15.8 Å². The number of halogens is 1. The lowest BCUT2D eigenvalue weighted by atomic mass is 10.0. The Balaban J connectivity index is 2.20. The Morgan fingerprint density at radius 3 is 2.78 bits per heavy atom. The highest BCUT2D eigenvalue weighted by Gasteiger charge is 2.44. The van der Waals surface area contributed by atoms with Crippen molar-refractivity contribution >= 4 is 37.4 Å². The van der Waals surface area contributed by atoms with E-state index in [2.05, 4.69) is 5.32 Å². The largest absolute Gasteiger partial charge is 0.495 e. The fourth-order valence-corrected chi connectivity index (χ4v) is 5.50. The summed E-state index contributed by atoms with van der Waals surface area (Å²) in [5.74, 6) is -0.550. The lowest BCUT2D eigenvalue weighted by Gasteiger charge is -2.39. The Hall–Kier alpha value is -1.87. The van der Waals surface area contributed by atoms with Gasteiger partial charge in [0.15, 0.2) is 0 Å². The Morgan fingerprint density at radius 2 is 2.17 bits per heavy atom. The van der Waals surface area contributed by atoms with Crippen LogP contribution in [0.3, 0.4) is 0 Å². The van der Waals surface area contributed by atoms with Crippen molar-refractivity contribution in [3.8, 4) is 5.75 Å². The van der Waals surface area contributed by atoms with Crippen molar-refractivity contribution in [2.45, 2.75) is 12.5 Å². The molecule has 1 saturated heterocycles. The van der Waals surface area contributed by atoms with E-state index in [1.54, 1.807) is 25.1 Å². The van der Waals surface area contributed by atoms with Gasteiger partial charge in [0.1, 0.15) is 11.6 Å². The van der Waals surface area contributed by atoms with Crippen molar-refractivity contribution in [1.82, 2.24) is 9.62 Å². The summed E-state index contributed by atoms with van der Waals surface area (Å²) in [5.41, 5.74) is -1.21. The van der Waals surface area contributed by atoms with E-state index >= 15 is 0 Å². The molecule has 0 saturated carbocycles. The van der Waals surface area contributed by atoms with Gasteiger partial charge in [-0.25, -0.2) is 17.1 Å². The van der Waals surface area contributed by atoms with Gasteiger partial charge in [-0.2, -0.15) is 0 Å². The summed E-state index contributed by atoms with van der Waals surface area (Å²) in [6, 6.07) is 5.04. The SMILES string of the molecule is COc1cccc2c(F)c([C@]3(C)CS(=O)(=O)N(C)C(=N)N3)sc12. The second-order valence-electron chi connectivity index (χ2n) is 5.61. The highest BCUT2D eigenvalue weighted by molar-refractivity contribution is 7.89. The van der Waals surface area contributed by atoms with E-state index in [1.807, 2.05) is 0 Å². The second-order valence-corrected chi connectivity index (χ2v) is 8.63. The van der Waals surface area contributed by atoms with Gasteiger partial charge in [-0.05, 0) is 13.0 Å². The van der Waals surface area contributed by atoms with Gasteiger partial charge in [0, 0.05) is 12.4 Å². The number of sulfonamides is 1. The topological polar surface area (TPSA) is 82.5 Å². The number of hydrogen-bond donors (Lipinski definition) is 2. The van der Waals surface area contributed by atoms with Gasteiger partial charge in [0.25, 0.3) is 0 Å². The van der Waals surface area contributed by atoms with E-state index in [-0.39, 0.29) is 16.6 Å². The van der Waals surface area contributed by atoms with Crippen molar-refractivity contribution < 1.29 is 17.5 Å². The van der Waals surface area contributed by atoms with E-state index in [0.717, 1.165) is 15.6 Å². The first-order valence-electron chi connectivity index (χ1n) is 6.78. The molecule has 0 aliphatic carbocycles. The first-order valence-corrected chi connectivity index (χ1v) is 9.21. The maximum atomic E-state index is 14.9. The number of fused-ring (bicyclic) bond motifs is 1. The molecule has 3 rings (SSSR count). The molecule has 1 aromatic heterocycles. The highest BCUT2D eigenvalue weighted by Crippen LogP contribution is 2.42. The molecule has 0 amide bonds. The molecule has 1 aliphatic heterocycles. The predicted octanol–water partition coefficient (Wildman–Crippen LogP) is 2.06. The molecule has 0 spiro atoms. The van der Waals surface area contributed by atoms with Crippen LogP contribution in [0, 0.1) is 11.2 Å². The number of nitrogens with zero attached hydrogens (tertiary/aromatic N) is 1. The van der Waals surface area contributed by atoms with Gasteiger partial charge < -0.3 is 10.1 Å². The fraction of sp³-hybridized carbons (Fsp3) is 0.357. The van der Waals surface area contributed by atoms with Gasteiger partial charge in [0.2, 0.25) is 16.0 Å². The average Bonchev–Trinajstić information content (AvgIpc) is 2.82. The molecule has 2 N–H and O–H groups in total. The van der Waals surface area contributed by atoms with Crippen molar-refractivity contribution in [2.24, 2.45) is 0 Å². The van der Waals surface area contributed by atoms with Gasteiger partial charge >= 0.3 is 0 Å². The Morgan fingerprint density at radius 1 is 1.48 bits per heavy atom. The number of rotatable bonds is 2. The highest BCUT2D eigenvalue weighted by atomic mass is 32.2. The second kappa shape index (κ2) is 5.07. The summed E-state index contributed by atoms with van der Waals surface area (Å²) < 4.78 is 46.1. The molecule has 6 nitrogen and oxygen atoms in total. The summed E-state index contributed by atoms with van der Waals surface area (Å²) in [6.07, 6.45) is 0. The number of nitrogens with one attached hydrogen (secondary N) is 2. The van der Waals surface area contributed by atoms with Crippen LogP contribution < -0.4 is 10.1 Å². The van der Waals surface area contributed by atoms with Crippen molar-refractivity contribution in [2.75, 3.05) is 19.9 Å². The zero-order chi connectivity index (χ0) is 17.0. The minimum Gasteiger partial charge on any atom is -0.495 e. The molecule has 0 bridgehead atoms. The number of hydrogen-bond acceptors (Lipinski definition) is 5. The number of methoxy groups -OCH3 is 1. The summed E-state index contributed by atoms with van der Waals surface area (Å²) in [4.78, 5) is 0.249. The average molecular weight is 357 g/mol. The summed E-state index contributed by atoms with van der Waals surface area (Å²) in [5, 5.41) is 11.0. The Labute approximate surface area is 137 Å². The summed E-state index contributed by atoms with van der Waals surface area (Å²) in [6.45, 7) is 1.59. The minimum absolute atomic E-state index is 0.249. The molecular formula is C14H16FN3O3S2. The van der Waals surface area contributed by atoms with Crippen LogP contribution in [-0.2, 0) is 15.6 Å². The van der Waals surface area contributed by atoms with Crippen LogP contribution in [0.4, 0.5) is 4.39 Å². The molecule has 1 atom stereocenters. The van der Waals surface area contributed by atoms with Crippen LogP contribution in [0.15, 0.2) is 18.2 Å². The van der Waals surface area contributed by atoms with Crippen LogP contribution in [0.25, 0.3) is 10.1 Å². The van der Waals surface area contributed by atoms with Crippen LogP contribution in [0.5, 0.6) is 5.75 Å². The number of benzene rings is 1. The normalized spacial score (nSPS) is 23.8. The fourth-order valence-electron chi connectivity index (χ4n) is 2.68.